The summed E-state index contributed by atoms with van der Waals surface area (Å²) in [6.07, 6.45) is 0. The maximum Gasteiger partial charge on any atom is 0.339 e. The molecule has 0 aliphatic heterocycles. The molecular weight excluding hydrogens is 236 g/mol. The summed E-state index contributed by atoms with van der Waals surface area (Å²) >= 11 is 1.21. The van der Waals surface area contributed by atoms with E-state index in [-0.39, 0.29) is 5.97 Å². The summed E-state index contributed by atoms with van der Waals surface area (Å²) < 4.78 is 9.46. The van der Waals surface area contributed by atoms with Gasteiger partial charge in [0.15, 0.2) is 0 Å². The minimum absolute atomic E-state index is 0.355. The van der Waals surface area contributed by atoms with Gasteiger partial charge in [0, 0.05) is 5.39 Å². The van der Waals surface area contributed by atoms with Crippen LogP contribution in [0.2, 0.25) is 0 Å². The van der Waals surface area contributed by atoms with Gasteiger partial charge in [-0.2, -0.15) is 0 Å². The van der Waals surface area contributed by atoms with Gasteiger partial charge in [0.25, 0.3) is 0 Å². The summed E-state index contributed by atoms with van der Waals surface area (Å²) in [5.41, 5.74) is 1.28. The Morgan fingerprint density at radius 3 is 3.00 bits per heavy atom. The molecule has 0 amide bonds. The lowest BCUT2D eigenvalue weighted by Gasteiger charge is -2.03. The second-order valence-electron chi connectivity index (χ2n) is 3.59. The molecule has 0 saturated carbocycles. The molecule has 17 heavy (non-hydrogen) atoms. The quantitative estimate of drug-likeness (QED) is 0.617. The molecule has 5 heteroatoms. The third kappa shape index (κ3) is 1.47. The van der Waals surface area contributed by atoms with E-state index in [1.807, 2.05) is 30.3 Å². The van der Waals surface area contributed by atoms with Gasteiger partial charge in [-0.15, -0.1) is 5.10 Å². The molecule has 0 bridgehead atoms. The van der Waals surface area contributed by atoms with Crippen LogP contribution in [0.5, 0.6) is 0 Å². The van der Waals surface area contributed by atoms with Crippen molar-refractivity contribution in [3.63, 3.8) is 0 Å². The average Bonchev–Trinajstić information content (AvgIpc) is 2.86. The summed E-state index contributed by atoms with van der Waals surface area (Å²) in [4.78, 5) is 11.7. The zero-order valence-corrected chi connectivity index (χ0v) is 9.82. The number of fused-ring (bicyclic) bond motifs is 3. The van der Waals surface area contributed by atoms with Crippen LogP contribution in [-0.2, 0) is 4.74 Å². The second-order valence-corrected chi connectivity index (χ2v) is 4.34. The predicted octanol–water partition coefficient (Wildman–Crippen LogP) is 2.63. The van der Waals surface area contributed by atoms with Crippen LogP contribution in [0.25, 0.3) is 21.0 Å². The van der Waals surface area contributed by atoms with Gasteiger partial charge < -0.3 is 4.74 Å². The Morgan fingerprint density at radius 1 is 1.35 bits per heavy atom. The first-order valence-corrected chi connectivity index (χ1v) is 5.80. The molecule has 0 radical (unpaired) electrons. The number of ether oxygens (including phenoxy) is 1. The first kappa shape index (κ1) is 10.2. The average molecular weight is 244 g/mol. The van der Waals surface area contributed by atoms with Crippen LogP contribution in [-0.4, -0.2) is 22.7 Å². The highest BCUT2D eigenvalue weighted by molar-refractivity contribution is 7.13. The van der Waals surface area contributed by atoms with Gasteiger partial charge in [-0.1, -0.05) is 28.8 Å². The van der Waals surface area contributed by atoms with E-state index in [4.69, 9.17) is 4.74 Å². The number of esters is 1. The van der Waals surface area contributed by atoms with Gasteiger partial charge in [-0.05, 0) is 23.0 Å². The fourth-order valence-corrected chi connectivity index (χ4v) is 2.55. The minimum Gasteiger partial charge on any atom is -0.465 e. The molecule has 4 nitrogen and oxygen atoms in total. The Morgan fingerprint density at radius 2 is 2.18 bits per heavy atom. The fraction of sp³-hybridized carbons (Fsp3) is 0.0833. The molecule has 2 aromatic carbocycles. The number of benzene rings is 2. The zero-order chi connectivity index (χ0) is 11.8. The lowest BCUT2D eigenvalue weighted by Crippen LogP contribution is -2.01. The van der Waals surface area contributed by atoms with E-state index < -0.39 is 0 Å². The SMILES string of the molecule is COC(=O)c1cc2ccccc2c2nnsc12. The third-order valence-electron chi connectivity index (χ3n) is 2.65. The number of carbonyl (C=O) groups excluding carboxylic acids is 1. The summed E-state index contributed by atoms with van der Waals surface area (Å²) in [7, 11) is 1.37. The van der Waals surface area contributed by atoms with Crippen LogP contribution >= 0.6 is 11.5 Å². The largest absolute Gasteiger partial charge is 0.465 e. The van der Waals surface area contributed by atoms with Crippen LogP contribution in [0.4, 0.5) is 0 Å². The molecule has 1 aromatic heterocycles. The highest BCUT2D eigenvalue weighted by Gasteiger charge is 2.15. The highest BCUT2D eigenvalue weighted by Crippen LogP contribution is 2.29. The Bertz CT molecular complexity index is 721. The van der Waals surface area contributed by atoms with Gasteiger partial charge in [-0.25, -0.2) is 4.79 Å². The maximum absolute atomic E-state index is 11.7. The molecule has 0 atom stereocenters. The van der Waals surface area contributed by atoms with E-state index in [2.05, 4.69) is 9.59 Å². The van der Waals surface area contributed by atoms with Crippen LogP contribution in [0.3, 0.4) is 0 Å². The Labute approximate surface area is 101 Å². The predicted molar refractivity (Wildman–Crippen MR) is 66.3 cm³/mol. The van der Waals surface area contributed by atoms with E-state index in [0.29, 0.717) is 5.56 Å². The molecule has 0 aliphatic carbocycles. The van der Waals surface area contributed by atoms with E-state index in [1.165, 1.54) is 18.6 Å². The number of hydrogen-bond donors (Lipinski definition) is 0. The standard InChI is InChI=1S/C12H8N2O2S/c1-16-12(15)9-6-7-4-2-3-5-8(7)10-11(9)17-14-13-10/h2-6H,1H3. The van der Waals surface area contributed by atoms with Crippen molar-refractivity contribution < 1.29 is 9.53 Å². The van der Waals surface area contributed by atoms with Crippen molar-refractivity contribution >= 4 is 38.5 Å². The molecular formula is C12H8N2O2S. The lowest BCUT2D eigenvalue weighted by atomic mass is 10.1. The topological polar surface area (TPSA) is 52.1 Å². The Hall–Kier alpha value is -2.01. The summed E-state index contributed by atoms with van der Waals surface area (Å²) in [6, 6.07) is 9.61. The van der Waals surface area contributed by atoms with Crippen LogP contribution < -0.4 is 0 Å². The minimum atomic E-state index is -0.355. The van der Waals surface area contributed by atoms with Crippen molar-refractivity contribution in [3.05, 3.63) is 35.9 Å². The molecule has 0 saturated heterocycles. The molecule has 84 valence electrons. The van der Waals surface area contributed by atoms with Crippen LogP contribution in [0.15, 0.2) is 30.3 Å². The lowest BCUT2D eigenvalue weighted by molar-refractivity contribution is 0.0603. The van der Waals surface area contributed by atoms with Gasteiger partial charge in [0.1, 0.15) is 5.52 Å². The van der Waals surface area contributed by atoms with Crippen LogP contribution in [0, 0.1) is 0 Å². The Balaban J connectivity index is 2.48. The Kier molecular flexibility index (Phi) is 2.26. The summed E-state index contributed by atoms with van der Waals surface area (Å²) in [5, 5.41) is 6.05. The zero-order valence-electron chi connectivity index (χ0n) is 9.01. The van der Waals surface area contributed by atoms with Crippen LogP contribution in [0.1, 0.15) is 10.4 Å². The van der Waals surface area contributed by atoms with Crippen molar-refractivity contribution in [2.75, 3.05) is 7.11 Å². The van der Waals surface area contributed by atoms with E-state index >= 15 is 0 Å². The summed E-state index contributed by atoms with van der Waals surface area (Å²) in [5.74, 6) is -0.355. The third-order valence-corrected chi connectivity index (χ3v) is 3.41. The van der Waals surface area contributed by atoms with E-state index in [0.717, 1.165) is 21.0 Å². The molecule has 1 heterocycles. The van der Waals surface area contributed by atoms with Gasteiger partial charge in [-0.3, -0.25) is 0 Å². The molecule has 0 spiro atoms. The molecule has 0 unspecified atom stereocenters. The smallest absolute Gasteiger partial charge is 0.339 e. The van der Waals surface area contributed by atoms with Crippen molar-refractivity contribution in [2.45, 2.75) is 0 Å². The number of carbonyl (C=O) groups is 1. The fourth-order valence-electron chi connectivity index (χ4n) is 1.86. The first-order valence-electron chi connectivity index (χ1n) is 5.03. The molecule has 0 fully saturated rings. The monoisotopic (exact) mass is 244 g/mol. The number of methoxy groups -OCH3 is 1. The van der Waals surface area contributed by atoms with Gasteiger partial charge in [0.2, 0.25) is 0 Å². The number of nitrogens with zero attached hydrogens (tertiary/aromatic N) is 2. The normalized spacial score (nSPS) is 10.9. The second kappa shape index (κ2) is 3.78. The highest BCUT2D eigenvalue weighted by atomic mass is 32.1. The van der Waals surface area contributed by atoms with Crippen molar-refractivity contribution in [1.82, 2.24) is 9.59 Å². The number of rotatable bonds is 1. The maximum atomic E-state index is 11.7. The number of hydrogen-bond acceptors (Lipinski definition) is 5. The molecule has 3 rings (SSSR count). The number of aromatic nitrogens is 2. The van der Waals surface area contributed by atoms with E-state index in [1.54, 1.807) is 0 Å². The molecule has 3 aromatic rings. The van der Waals surface area contributed by atoms with Gasteiger partial charge in [0.05, 0.1) is 17.4 Å². The van der Waals surface area contributed by atoms with Crippen molar-refractivity contribution in [2.24, 2.45) is 0 Å². The van der Waals surface area contributed by atoms with E-state index in [9.17, 15) is 4.79 Å². The summed E-state index contributed by atoms with van der Waals surface area (Å²) in [6.45, 7) is 0. The first-order chi connectivity index (χ1) is 8.31. The molecule has 0 aliphatic rings. The van der Waals surface area contributed by atoms with Crippen molar-refractivity contribution in [3.8, 4) is 0 Å². The molecule has 0 N–H and O–H groups in total. The van der Waals surface area contributed by atoms with Gasteiger partial charge >= 0.3 is 5.97 Å². The van der Waals surface area contributed by atoms with Crippen molar-refractivity contribution in [1.29, 1.82) is 0 Å².